The summed E-state index contributed by atoms with van der Waals surface area (Å²) in [5.74, 6) is 1.13. The van der Waals surface area contributed by atoms with E-state index in [1.54, 1.807) is 0 Å². The van der Waals surface area contributed by atoms with Crippen LogP contribution in [0, 0.1) is 11.8 Å². The molecule has 4 heteroatoms. The Bertz CT molecular complexity index is 298. The number of hydrogen-bond donors (Lipinski definition) is 2. The molecule has 0 spiro atoms. The standard InChI is InChI=1S/C13H24N2O2/c1-13(2,3)17-12(16)15-11-7-8-4-5-9(11)10(14)6-8/h8-11H,4-7,14H2,1-3H3,(H,15,16). The van der Waals surface area contributed by atoms with E-state index in [2.05, 4.69) is 5.32 Å². The second-order valence-electron chi connectivity index (χ2n) is 6.50. The first-order valence-electron chi connectivity index (χ1n) is 6.60. The van der Waals surface area contributed by atoms with Crippen LogP contribution in [-0.4, -0.2) is 23.8 Å². The molecule has 3 aliphatic carbocycles. The van der Waals surface area contributed by atoms with Gasteiger partial charge >= 0.3 is 6.09 Å². The maximum atomic E-state index is 11.7. The summed E-state index contributed by atoms with van der Waals surface area (Å²) in [7, 11) is 0. The quantitative estimate of drug-likeness (QED) is 0.737. The smallest absolute Gasteiger partial charge is 0.407 e. The Hall–Kier alpha value is -0.770. The summed E-state index contributed by atoms with van der Waals surface area (Å²) in [5.41, 5.74) is 5.69. The lowest BCUT2D eigenvalue weighted by Gasteiger charge is -2.46. The van der Waals surface area contributed by atoms with E-state index in [0.717, 1.165) is 19.3 Å². The Kier molecular flexibility index (Phi) is 3.34. The van der Waals surface area contributed by atoms with Crippen molar-refractivity contribution in [3.05, 3.63) is 0 Å². The summed E-state index contributed by atoms with van der Waals surface area (Å²) in [4.78, 5) is 11.7. The SMILES string of the molecule is CC(C)(C)OC(=O)NC1CC2CCC1C(N)C2. The van der Waals surface area contributed by atoms with Gasteiger partial charge in [0.2, 0.25) is 0 Å². The molecule has 3 rings (SSSR count). The first-order valence-corrected chi connectivity index (χ1v) is 6.60. The highest BCUT2D eigenvalue weighted by atomic mass is 16.6. The third kappa shape index (κ3) is 3.12. The zero-order valence-corrected chi connectivity index (χ0v) is 11.0. The molecular formula is C13H24N2O2. The van der Waals surface area contributed by atoms with Crippen molar-refractivity contribution in [2.75, 3.05) is 0 Å². The van der Waals surface area contributed by atoms with Gasteiger partial charge in [0.15, 0.2) is 0 Å². The summed E-state index contributed by atoms with van der Waals surface area (Å²) in [6.07, 6.45) is 4.30. The molecule has 3 N–H and O–H groups in total. The summed E-state index contributed by atoms with van der Waals surface area (Å²) in [5, 5.41) is 3.00. The molecule has 4 atom stereocenters. The number of ether oxygens (including phenoxy) is 1. The molecule has 0 saturated heterocycles. The van der Waals surface area contributed by atoms with Crippen molar-refractivity contribution in [3.63, 3.8) is 0 Å². The molecule has 0 aromatic heterocycles. The van der Waals surface area contributed by atoms with Crippen molar-refractivity contribution in [2.24, 2.45) is 17.6 Å². The molecular weight excluding hydrogens is 216 g/mol. The second-order valence-corrected chi connectivity index (χ2v) is 6.50. The second kappa shape index (κ2) is 4.48. The normalized spacial score (nSPS) is 36.7. The Morgan fingerprint density at radius 2 is 2.00 bits per heavy atom. The summed E-state index contributed by atoms with van der Waals surface area (Å²) < 4.78 is 5.29. The fraction of sp³-hybridized carbons (Fsp3) is 0.923. The van der Waals surface area contributed by atoms with E-state index in [1.165, 1.54) is 6.42 Å². The van der Waals surface area contributed by atoms with Gasteiger partial charge in [0.1, 0.15) is 5.60 Å². The lowest BCUT2D eigenvalue weighted by Crippen LogP contribution is -2.56. The fourth-order valence-electron chi connectivity index (χ4n) is 3.19. The number of amides is 1. The van der Waals surface area contributed by atoms with Gasteiger partial charge in [-0.15, -0.1) is 0 Å². The number of nitrogens with one attached hydrogen (secondary N) is 1. The highest BCUT2D eigenvalue weighted by Gasteiger charge is 2.41. The molecule has 3 aliphatic rings. The molecule has 17 heavy (non-hydrogen) atoms. The lowest BCUT2D eigenvalue weighted by molar-refractivity contribution is 0.0373. The number of nitrogens with two attached hydrogens (primary N) is 1. The van der Waals surface area contributed by atoms with Gasteiger partial charge in [0.25, 0.3) is 0 Å². The predicted molar refractivity (Wildman–Crippen MR) is 66.6 cm³/mol. The van der Waals surface area contributed by atoms with E-state index in [4.69, 9.17) is 10.5 Å². The van der Waals surface area contributed by atoms with Crippen LogP contribution in [-0.2, 0) is 4.74 Å². The molecule has 0 aliphatic heterocycles. The zero-order chi connectivity index (χ0) is 12.6. The average molecular weight is 240 g/mol. The molecule has 98 valence electrons. The number of alkyl carbamates (subject to hydrolysis) is 1. The van der Waals surface area contributed by atoms with Crippen LogP contribution >= 0.6 is 0 Å². The van der Waals surface area contributed by atoms with Crippen LogP contribution < -0.4 is 11.1 Å². The van der Waals surface area contributed by atoms with Crippen LogP contribution in [0.4, 0.5) is 4.79 Å². The Morgan fingerprint density at radius 1 is 1.29 bits per heavy atom. The van der Waals surface area contributed by atoms with Crippen LogP contribution in [0.2, 0.25) is 0 Å². The van der Waals surface area contributed by atoms with Crippen molar-refractivity contribution in [3.8, 4) is 0 Å². The Labute approximate surface area is 103 Å². The highest BCUT2D eigenvalue weighted by Crippen LogP contribution is 2.40. The molecule has 4 nitrogen and oxygen atoms in total. The van der Waals surface area contributed by atoms with Gasteiger partial charge in [-0.25, -0.2) is 4.79 Å². The third-order valence-corrected chi connectivity index (χ3v) is 3.87. The van der Waals surface area contributed by atoms with E-state index in [9.17, 15) is 4.79 Å². The van der Waals surface area contributed by atoms with E-state index in [0.29, 0.717) is 11.8 Å². The van der Waals surface area contributed by atoms with Crippen LogP contribution in [0.25, 0.3) is 0 Å². The largest absolute Gasteiger partial charge is 0.444 e. The highest BCUT2D eigenvalue weighted by molar-refractivity contribution is 5.68. The molecule has 0 radical (unpaired) electrons. The van der Waals surface area contributed by atoms with Crippen molar-refractivity contribution in [2.45, 2.75) is 64.1 Å². The van der Waals surface area contributed by atoms with Gasteiger partial charge in [-0.2, -0.15) is 0 Å². The first kappa shape index (κ1) is 12.7. The van der Waals surface area contributed by atoms with Crippen molar-refractivity contribution in [1.29, 1.82) is 0 Å². The molecule has 2 bridgehead atoms. The maximum absolute atomic E-state index is 11.7. The minimum atomic E-state index is -0.431. The number of carbonyl (C=O) groups is 1. The fourth-order valence-corrected chi connectivity index (χ4v) is 3.19. The Morgan fingerprint density at radius 3 is 2.53 bits per heavy atom. The van der Waals surface area contributed by atoms with E-state index in [-0.39, 0.29) is 18.2 Å². The molecule has 3 saturated carbocycles. The number of fused-ring (bicyclic) bond motifs is 3. The molecule has 0 aromatic carbocycles. The van der Waals surface area contributed by atoms with Crippen molar-refractivity contribution in [1.82, 2.24) is 5.32 Å². The van der Waals surface area contributed by atoms with Gasteiger partial charge in [-0.3, -0.25) is 0 Å². The lowest BCUT2D eigenvalue weighted by atomic mass is 9.65. The molecule has 3 fully saturated rings. The predicted octanol–water partition coefficient (Wildman–Crippen LogP) is 2.03. The molecule has 0 aromatic rings. The zero-order valence-electron chi connectivity index (χ0n) is 11.0. The Balaban J connectivity index is 1.89. The van der Waals surface area contributed by atoms with Gasteiger partial charge in [0, 0.05) is 12.1 Å². The first-order chi connectivity index (χ1) is 7.85. The minimum Gasteiger partial charge on any atom is -0.444 e. The van der Waals surface area contributed by atoms with Gasteiger partial charge < -0.3 is 15.8 Å². The van der Waals surface area contributed by atoms with Gasteiger partial charge in [0.05, 0.1) is 0 Å². The molecule has 1 amide bonds. The van der Waals surface area contributed by atoms with Gasteiger partial charge in [-0.1, -0.05) is 0 Å². The number of hydrogen-bond acceptors (Lipinski definition) is 3. The topological polar surface area (TPSA) is 64.3 Å². The third-order valence-electron chi connectivity index (χ3n) is 3.87. The maximum Gasteiger partial charge on any atom is 0.407 e. The van der Waals surface area contributed by atoms with E-state index < -0.39 is 5.60 Å². The van der Waals surface area contributed by atoms with E-state index >= 15 is 0 Å². The van der Waals surface area contributed by atoms with Crippen LogP contribution in [0.15, 0.2) is 0 Å². The van der Waals surface area contributed by atoms with Crippen LogP contribution in [0.3, 0.4) is 0 Å². The summed E-state index contributed by atoms with van der Waals surface area (Å²) >= 11 is 0. The number of carbonyl (C=O) groups excluding carboxylic acids is 1. The van der Waals surface area contributed by atoms with Crippen molar-refractivity contribution < 1.29 is 9.53 Å². The van der Waals surface area contributed by atoms with Crippen LogP contribution in [0.5, 0.6) is 0 Å². The molecule has 4 unspecified atom stereocenters. The number of rotatable bonds is 1. The van der Waals surface area contributed by atoms with E-state index in [1.807, 2.05) is 20.8 Å². The van der Waals surface area contributed by atoms with Crippen LogP contribution in [0.1, 0.15) is 46.5 Å². The minimum absolute atomic E-state index is 0.215. The van der Waals surface area contributed by atoms with Crippen molar-refractivity contribution >= 4 is 6.09 Å². The molecule has 0 heterocycles. The average Bonchev–Trinajstić information content (AvgIpc) is 2.14. The van der Waals surface area contributed by atoms with Gasteiger partial charge in [-0.05, 0) is 58.3 Å². The summed E-state index contributed by atoms with van der Waals surface area (Å²) in [6.45, 7) is 5.64. The summed E-state index contributed by atoms with van der Waals surface area (Å²) in [6, 6.07) is 0.467. The monoisotopic (exact) mass is 240 g/mol.